The summed E-state index contributed by atoms with van der Waals surface area (Å²) >= 11 is 0. The Morgan fingerprint density at radius 1 is 0.964 bits per heavy atom. The van der Waals surface area contributed by atoms with Gasteiger partial charge in [0.1, 0.15) is 5.65 Å². The Labute approximate surface area is 163 Å². The normalized spacial score (nSPS) is 11.6. The molecule has 0 aliphatic carbocycles. The molecule has 0 fully saturated rings. The summed E-state index contributed by atoms with van der Waals surface area (Å²) in [6, 6.07) is 10.6. The van der Waals surface area contributed by atoms with E-state index in [0.29, 0.717) is 0 Å². The second kappa shape index (κ2) is 6.02. The molecule has 138 valence electrons. The van der Waals surface area contributed by atoms with Crippen molar-refractivity contribution in [3.8, 4) is 22.4 Å². The Morgan fingerprint density at radius 3 is 2.61 bits per heavy atom. The highest BCUT2D eigenvalue weighted by Crippen LogP contribution is 2.31. The molecule has 28 heavy (non-hydrogen) atoms. The Bertz CT molecular complexity index is 1360. The van der Waals surface area contributed by atoms with Gasteiger partial charge in [-0.15, -0.1) is 0 Å². The topological polar surface area (TPSA) is 48.0 Å². The van der Waals surface area contributed by atoms with E-state index in [1.165, 1.54) is 16.7 Å². The molecule has 0 radical (unpaired) electrons. The number of imidazole rings is 1. The van der Waals surface area contributed by atoms with Crippen LogP contribution in [0.5, 0.6) is 0 Å². The second-order valence-corrected chi connectivity index (χ2v) is 7.36. The van der Waals surface area contributed by atoms with Crippen molar-refractivity contribution in [2.75, 3.05) is 0 Å². The molecular weight excluding hydrogens is 346 g/mol. The maximum atomic E-state index is 5.05. The highest BCUT2D eigenvalue weighted by atomic mass is 15.2. The lowest BCUT2D eigenvalue weighted by atomic mass is 10.0. The van der Waals surface area contributed by atoms with Gasteiger partial charge in [-0.3, -0.25) is 9.67 Å². The fourth-order valence-corrected chi connectivity index (χ4v) is 3.81. The largest absolute Gasteiger partial charge is 0.303 e. The molecule has 0 aliphatic rings. The predicted molar refractivity (Wildman–Crippen MR) is 112 cm³/mol. The molecule has 4 aromatic heterocycles. The van der Waals surface area contributed by atoms with Gasteiger partial charge < -0.3 is 4.40 Å². The van der Waals surface area contributed by atoms with Crippen molar-refractivity contribution >= 4 is 16.6 Å². The summed E-state index contributed by atoms with van der Waals surface area (Å²) < 4.78 is 3.96. The van der Waals surface area contributed by atoms with Gasteiger partial charge in [0.15, 0.2) is 0 Å². The third kappa shape index (κ3) is 2.43. The zero-order chi connectivity index (χ0) is 19.4. The number of aromatic nitrogens is 5. The lowest BCUT2D eigenvalue weighted by molar-refractivity contribution is 0.768. The number of rotatable bonds is 2. The smallest absolute Gasteiger partial charge is 0.147 e. The van der Waals surface area contributed by atoms with E-state index in [1.807, 2.05) is 25.6 Å². The van der Waals surface area contributed by atoms with E-state index in [4.69, 9.17) is 4.98 Å². The maximum absolute atomic E-state index is 5.05. The zero-order valence-electron chi connectivity index (χ0n) is 16.4. The highest BCUT2D eigenvalue weighted by molar-refractivity contribution is 5.95. The summed E-state index contributed by atoms with van der Waals surface area (Å²) in [6.07, 6.45) is 7.82. The molecule has 0 saturated carbocycles. The summed E-state index contributed by atoms with van der Waals surface area (Å²) in [4.78, 5) is 9.72. The molecule has 5 heteroatoms. The molecule has 0 N–H and O–H groups in total. The van der Waals surface area contributed by atoms with Gasteiger partial charge in [0, 0.05) is 53.4 Å². The number of benzene rings is 1. The van der Waals surface area contributed by atoms with Gasteiger partial charge in [0.2, 0.25) is 0 Å². The van der Waals surface area contributed by atoms with Crippen LogP contribution in [-0.4, -0.2) is 24.1 Å². The first-order valence-electron chi connectivity index (χ1n) is 9.36. The monoisotopic (exact) mass is 367 g/mol. The minimum Gasteiger partial charge on any atom is -0.303 e. The van der Waals surface area contributed by atoms with Gasteiger partial charge in [-0.2, -0.15) is 5.10 Å². The fraction of sp³-hybridized carbons (Fsp3) is 0.174. The third-order valence-electron chi connectivity index (χ3n) is 5.59. The third-order valence-corrected chi connectivity index (χ3v) is 5.59. The number of fused-ring (bicyclic) bond motifs is 3. The lowest BCUT2D eigenvalue weighted by Crippen LogP contribution is -1.91. The maximum Gasteiger partial charge on any atom is 0.147 e. The van der Waals surface area contributed by atoms with Crippen LogP contribution in [0.15, 0.2) is 55.1 Å². The predicted octanol–water partition coefficient (Wildman–Crippen LogP) is 4.88. The van der Waals surface area contributed by atoms with Gasteiger partial charge in [0.05, 0.1) is 17.4 Å². The van der Waals surface area contributed by atoms with Crippen LogP contribution in [0.4, 0.5) is 0 Å². The molecule has 0 bridgehead atoms. The molecule has 0 atom stereocenters. The van der Waals surface area contributed by atoms with Crippen LogP contribution >= 0.6 is 0 Å². The van der Waals surface area contributed by atoms with Crippen molar-refractivity contribution in [1.82, 2.24) is 24.1 Å². The first-order valence-corrected chi connectivity index (χ1v) is 9.36. The number of hydrogen-bond acceptors (Lipinski definition) is 3. The van der Waals surface area contributed by atoms with Gasteiger partial charge in [-0.05, 0) is 44.0 Å². The number of nitrogens with zero attached hydrogens (tertiary/aromatic N) is 5. The van der Waals surface area contributed by atoms with Crippen LogP contribution < -0.4 is 0 Å². The molecule has 1 aromatic carbocycles. The minimum absolute atomic E-state index is 0.934. The molecule has 5 aromatic rings. The Morgan fingerprint density at radius 2 is 1.82 bits per heavy atom. The van der Waals surface area contributed by atoms with Crippen molar-refractivity contribution in [2.24, 2.45) is 7.05 Å². The molecule has 0 amide bonds. The molecule has 5 rings (SSSR count). The van der Waals surface area contributed by atoms with Crippen molar-refractivity contribution < 1.29 is 0 Å². The Hall–Kier alpha value is -3.47. The van der Waals surface area contributed by atoms with E-state index in [1.54, 1.807) is 4.68 Å². The lowest BCUT2D eigenvalue weighted by Gasteiger charge is -2.07. The van der Waals surface area contributed by atoms with E-state index in [9.17, 15) is 0 Å². The van der Waals surface area contributed by atoms with Gasteiger partial charge in [0.25, 0.3) is 0 Å². The molecular formula is C23H21N5. The molecule has 0 aliphatic heterocycles. The molecule has 4 heterocycles. The van der Waals surface area contributed by atoms with Crippen LogP contribution in [0.3, 0.4) is 0 Å². The van der Waals surface area contributed by atoms with E-state index in [2.05, 4.69) is 71.8 Å². The van der Waals surface area contributed by atoms with E-state index < -0.39 is 0 Å². The van der Waals surface area contributed by atoms with E-state index >= 15 is 0 Å². The van der Waals surface area contributed by atoms with E-state index in [0.717, 1.165) is 39.1 Å². The fourth-order valence-electron chi connectivity index (χ4n) is 3.81. The van der Waals surface area contributed by atoms with Gasteiger partial charge >= 0.3 is 0 Å². The van der Waals surface area contributed by atoms with Crippen LogP contribution in [-0.2, 0) is 7.05 Å². The van der Waals surface area contributed by atoms with Crippen molar-refractivity contribution in [1.29, 1.82) is 0 Å². The zero-order valence-corrected chi connectivity index (χ0v) is 16.4. The number of aryl methyl sites for hydroxylation is 3. The summed E-state index contributed by atoms with van der Waals surface area (Å²) in [5.41, 5.74) is 9.87. The van der Waals surface area contributed by atoms with Crippen LogP contribution in [0.1, 0.15) is 16.8 Å². The standard InChI is InChI=1S/C23H21N5/c1-14-6-5-7-19(15(14)2)22-16(3)28-9-8-21-20(23(28)26-22)10-17(11-24-21)18-12-25-27(4)13-18/h5-13H,1-4H3. The van der Waals surface area contributed by atoms with Crippen molar-refractivity contribution in [3.05, 3.63) is 71.9 Å². The summed E-state index contributed by atoms with van der Waals surface area (Å²) in [7, 11) is 1.92. The summed E-state index contributed by atoms with van der Waals surface area (Å²) in [5.74, 6) is 0. The van der Waals surface area contributed by atoms with Crippen molar-refractivity contribution in [2.45, 2.75) is 20.8 Å². The molecule has 5 nitrogen and oxygen atoms in total. The first kappa shape index (κ1) is 16.7. The Kier molecular flexibility index (Phi) is 3.59. The van der Waals surface area contributed by atoms with Crippen LogP contribution in [0, 0.1) is 20.8 Å². The SMILES string of the molecule is Cc1cccc(-c2nc3c4cc(-c5cnn(C)c5)cnc4ccn3c2C)c1C. The van der Waals surface area contributed by atoms with Crippen molar-refractivity contribution in [3.63, 3.8) is 0 Å². The molecule has 0 unspecified atom stereocenters. The average Bonchev–Trinajstić information content (AvgIpc) is 3.27. The second-order valence-electron chi connectivity index (χ2n) is 7.36. The summed E-state index contributed by atoms with van der Waals surface area (Å²) in [6.45, 7) is 6.43. The molecule has 0 spiro atoms. The quantitative estimate of drug-likeness (QED) is 0.447. The minimum atomic E-state index is 0.934. The van der Waals surface area contributed by atoms with E-state index in [-0.39, 0.29) is 0 Å². The average molecular weight is 367 g/mol. The number of hydrogen-bond donors (Lipinski definition) is 0. The molecule has 0 saturated heterocycles. The number of pyridine rings is 2. The highest BCUT2D eigenvalue weighted by Gasteiger charge is 2.16. The van der Waals surface area contributed by atoms with Crippen LogP contribution in [0.2, 0.25) is 0 Å². The van der Waals surface area contributed by atoms with Gasteiger partial charge in [-0.25, -0.2) is 4.98 Å². The Balaban J connectivity index is 1.79. The van der Waals surface area contributed by atoms with Gasteiger partial charge in [-0.1, -0.05) is 18.2 Å². The van der Waals surface area contributed by atoms with Crippen LogP contribution in [0.25, 0.3) is 38.9 Å². The summed E-state index contributed by atoms with van der Waals surface area (Å²) in [5, 5.41) is 5.32. The first-order chi connectivity index (χ1) is 13.5.